The van der Waals surface area contributed by atoms with Gasteiger partial charge in [0, 0.05) is 16.0 Å². The minimum absolute atomic E-state index is 0.0825. The third kappa shape index (κ3) is 3.38. The van der Waals surface area contributed by atoms with Crippen LogP contribution < -0.4 is 5.32 Å². The summed E-state index contributed by atoms with van der Waals surface area (Å²) in [6.45, 7) is 0. The van der Waals surface area contributed by atoms with E-state index in [4.69, 9.17) is 11.6 Å². The predicted molar refractivity (Wildman–Crippen MR) is 88.6 cm³/mol. The Kier molecular flexibility index (Phi) is 4.37. The van der Waals surface area contributed by atoms with Crippen LogP contribution in [0.2, 0.25) is 5.02 Å². The van der Waals surface area contributed by atoms with E-state index < -0.39 is 11.5 Å². The molecule has 1 aromatic heterocycles. The highest BCUT2D eigenvalue weighted by Crippen LogP contribution is 2.32. The average molecular weight is 351 g/mol. The summed E-state index contributed by atoms with van der Waals surface area (Å²) in [6.07, 6.45) is 1.88. The number of rotatable bonds is 5. The number of nitrogens with one attached hydrogen (secondary N) is 1. The van der Waals surface area contributed by atoms with Crippen molar-refractivity contribution < 1.29 is 14.7 Å². The van der Waals surface area contributed by atoms with E-state index in [1.165, 1.54) is 11.3 Å². The summed E-state index contributed by atoms with van der Waals surface area (Å²) < 4.78 is 0. The lowest BCUT2D eigenvalue weighted by Gasteiger charge is -2.38. The Hall–Kier alpha value is -1.92. The van der Waals surface area contributed by atoms with Crippen molar-refractivity contribution in [3.8, 4) is 10.6 Å². The van der Waals surface area contributed by atoms with Crippen LogP contribution >= 0.6 is 22.9 Å². The molecular weight excluding hydrogens is 336 g/mol. The summed E-state index contributed by atoms with van der Waals surface area (Å²) in [7, 11) is 0. The summed E-state index contributed by atoms with van der Waals surface area (Å²) in [4.78, 5) is 27.8. The topological polar surface area (TPSA) is 79.3 Å². The maximum atomic E-state index is 12.1. The van der Waals surface area contributed by atoms with E-state index in [2.05, 4.69) is 10.3 Å². The highest BCUT2D eigenvalue weighted by Gasteiger charge is 2.45. The summed E-state index contributed by atoms with van der Waals surface area (Å²) in [6, 6.07) is 7.33. The third-order valence-corrected chi connectivity index (χ3v) is 5.17. The number of aromatic nitrogens is 1. The highest BCUT2D eigenvalue weighted by atomic mass is 35.5. The van der Waals surface area contributed by atoms with Gasteiger partial charge < -0.3 is 10.4 Å². The van der Waals surface area contributed by atoms with Crippen LogP contribution in [0.5, 0.6) is 0 Å². The SMILES string of the molecule is O=C(Cc1csc(-c2ccc(Cl)cc2)n1)NC1(C(=O)O)CCC1. The number of carboxylic acids is 1. The predicted octanol–water partition coefficient (Wildman–Crippen LogP) is 3.13. The second kappa shape index (κ2) is 6.29. The lowest BCUT2D eigenvalue weighted by molar-refractivity contribution is -0.151. The number of aliphatic carboxylic acids is 1. The molecule has 7 heteroatoms. The van der Waals surface area contributed by atoms with E-state index in [1.807, 2.05) is 17.5 Å². The zero-order valence-corrected chi connectivity index (χ0v) is 13.8. The van der Waals surface area contributed by atoms with Crippen LogP contribution in [0.4, 0.5) is 0 Å². The van der Waals surface area contributed by atoms with Crippen molar-refractivity contribution >= 4 is 34.8 Å². The minimum Gasteiger partial charge on any atom is -0.480 e. The van der Waals surface area contributed by atoms with Crippen molar-refractivity contribution in [2.24, 2.45) is 0 Å². The van der Waals surface area contributed by atoms with Crippen LogP contribution in [0.3, 0.4) is 0 Å². The van der Waals surface area contributed by atoms with E-state index in [9.17, 15) is 14.7 Å². The van der Waals surface area contributed by atoms with Gasteiger partial charge in [-0.3, -0.25) is 4.79 Å². The number of thiazole rings is 1. The van der Waals surface area contributed by atoms with E-state index >= 15 is 0 Å². The van der Waals surface area contributed by atoms with Gasteiger partial charge in [-0.15, -0.1) is 11.3 Å². The molecular formula is C16H15ClN2O3S. The fraction of sp³-hybridized carbons (Fsp3) is 0.312. The number of carbonyl (C=O) groups excluding carboxylic acids is 1. The van der Waals surface area contributed by atoms with Gasteiger partial charge in [0.2, 0.25) is 5.91 Å². The second-order valence-electron chi connectivity index (χ2n) is 5.62. The van der Waals surface area contributed by atoms with E-state index in [1.54, 1.807) is 12.1 Å². The summed E-state index contributed by atoms with van der Waals surface area (Å²) >= 11 is 7.31. The number of nitrogens with zero attached hydrogens (tertiary/aromatic N) is 1. The molecule has 1 fully saturated rings. The van der Waals surface area contributed by atoms with Gasteiger partial charge in [0.1, 0.15) is 10.5 Å². The standard InChI is InChI=1S/C16H15ClN2O3S/c17-11-4-2-10(3-5-11)14-18-12(9-23-14)8-13(20)19-16(15(21)22)6-1-7-16/h2-5,9H,1,6-8H2,(H,19,20)(H,21,22). The molecule has 0 spiro atoms. The van der Waals surface area contributed by atoms with Crippen LogP contribution in [0.25, 0.3) is 10.6 Å². The highest BCUT2D eigenvalue weighted by molar-refractivity contribution is 7.13. The molecule has 0 saturated heterocycles. The van der Waals surface area contributed by atoms with Crippen LogP contribution in [-0.4, -0.2) is 27.5 Å². The Labute approximate surface area is 142 Å². The van der Waals surface area contributed by atoms with Gasteiger partial charge in [-0.05, 0) is 31.4 Å². The molecule has 1 heterocycles. The summed E-state index contributed by atoms with van der Waals surface area (Å²) in [5, 5.41) is 15.2. The lowest BCUT2D eigenvalue weighted by Crippen LogP contribution is -2.59. The molecule has 1 saturated carbocycles. The van der Waals surface area contributed by atoms with Gasteiger partial charge >= 0.3 is 5.97 Å². The Bertz CT molecular complexity index is 738. The van der Waals surface area contributed by atoms with Crippen LogP contribution in [0.1, 0.15) is 25.0 Å². The van der Waals surface area contributed by atoms with E-state index in [-0.39, 0.29) is 12.3 Å². The lowest BCUT2D eigenvalue weighted by atomic mass is 9.76. The van der Waals surface area contributed by atoms with Crippen molar-refractivity contribution in [1.82, 2.24) is 10.3 Å². The number of hydrogen-bond acceptors (Lipinski definition) is 4. The first-order chi connectivity index (χ1) is 11.0. The molecule has 3 rings (SSSR count). The van der Waals surface area contributed by atoms with Crippen LogP contribution in [0.15, 0.2) is 29.6 Å². The van der Waals surface area contributed by atoms with Gasteiger partial charge in [0.05, 0.1) is 12.1 Å². The molecule has 1 aliphatic rings. The molecule has 0 bridgehead atoms. The monoisotopic (exact) mass is 350 g/mol. The minimum atomic E-state index is -1.08. The molecule has 2 aromatic rings. The summed E-state index contributed by atoms with van der Waals surface area (Å²) in [5.41, 5.74) is 0.496. The Morgan fingerprint density at radius 2 is 2.00 bits per heavy atom. The molecule has 120 valence electrons. The van der Waals surface area contributed by atoms with Crippen molar-refractivity contribution in [3.05, 3.63) is 40.4 Å². The molecule has 1 amide bonds. The number of halogens is 1. The maximum Gasteiger partial charge on any atom is 0.329 e. The number of hydrogen-bond donors (Lipinski definition) is 2. The van der Waals surface area contributed by atoms with Gasteiger partial charge in [-0.2, -0.15) is 0 Å². The van der Waals surface area contributed by atoms with Crippen LogP contribution in [-0.2, 0) is 16.0 Å². The maximum absolute atomic E-state index is 12.1. The number of carbonyl (C=O) groups is 2. The zero-order chi connectivity index (χ0) is 16.4. The number of amides is 1. The molecule has 5 nitrogen and oxygen atoms in total. The zero-order valence-electron chi connectivity index (χ0n) is 12.2. The van der Waals surface area contributed by atoms with Gasteiger partial charge in [0.15, 0.2) is 0 Å². The molecule has 1 aromatic carbocycles. The van der Waals surface area contributed by atoms with Gasteiger partial charge in [-0.25, -0.2) is 9.78 Å². The first-order valence-corrected chi connectivity index (χ1v) is 8.49. The van der Waals surface area contributed by atoms with Crippen molar-refractivity contribution in [2.45, 2.75) is 31.2 Å². The first kappa shape index (κ1) is 16.0. The third-order valence-electron chi connectivity index (χ3n) is 3.98. The molecule has 2 N–H and O–H groups in total. The fourth-order valence-corrected chi connectivity index (χ4v) is 3.46. The Morgan fingerprint density at radius 3 is 2.57 bits per heavy atom. The van der Waals surface area contributed by atoms with Crippen LogP contribution in [0, 0.1) is 0 Å². The first-order valence-electron chi connectivity index (χ1n) is 7.23. The van der Waals surface area contributed by atoms with Gasteiger partial charge in [0.25, 0.3) is 0 Å². The normalized spacial score (nSPS) is 15.7. The van der Waals surface area contributed by atoms with Crippen molar-refractivity contribution in [2.75, 3.05) is 0 Å². The quantitative estimate of drug-likeness (QED) is 0.868. The Balaban J connectivity index is 1.66. The molecule has 1 aliphatic carbocycles. The smallest absolute Gasteiger partial charge is 0.329 e. The van der Waals surface area contributed by atoms with E-state index in [0.717, 1.165) is 17.0 Å². The second-order valence-corrected chi connectivity index (χ2v) is 6.91. The molecule has 23 heavy (non-hydrogen) atoms. The fourth-order valence-electron chi connectivity index (χ4n) is 2.51. The van der Waals surface area contributed by atoms with E-state index in [0.29, 0.717) is 23.6 Å². The van der Waals surface area contributed by atoms with Crippen molar-refractivity contribution in [3.63, 3.8) is 0 Å². The van der Waals surface area contributed by atoms with Gasteiger partial charge in [-0.1, -0.05) is 23.7 Å². The Morgan fingerprint density at radius 1 is 1.30 bits per heavy atom. The summed E-state index contributed by atoms with van der Waals surface area (Å²) in [5.74, 6) is -1.27. The molecule has 0 unspecified atom stereocenters. The number of carboxylic acid groups (broad SMARTS) is 1. The molecule has 0 aliphatic heterocycles. The average Bonchev–Trinajstić information content (AvgIpc) is 2.91. The van der Waals surface area contributed by atoms with Crippen molar-refractivity contribution in [1.29, 1.82) is 0 Å². The number of benzene rings is 1. The largest absolute Gasteiger partial charge is 0.480 e. The molecule has 0 radical (unpaired) electrons. The molecule has 0 atom stereocenters.